The van der Waals surface area contributed by atoms with Crippen LogP contribution in [-0.2, 0) is 13.0 Å². The molecule has 18 heavy (non-hydrogen) atoms. The molecule has 3 aromatic rings. The number of aromatic nitrogens is 4. The molecule has 0 aromatic carbocycles. The highest BCUT2D eigenvalue weighted by Gasteiger charge is 2.08. The molecule has 94 valence electrons. The molecule has 0 aliphatic rings. The van der Waals surface area contributed by atoms with Gasteiger partial charge >= 0.3 is 0 Å². The zero-order valence-corrected chi connectivity index (χ0v) is 10.8. The molecule has 3 rings (SSSR count). The smallest absolute Gasteiger partial charge is 0.227 e. The first-order valence-corrected chi connectivity index (χ1v) is 6.60. The summed E-state index contributed by atoms with van der Waals surface area (Å²) in [4.78, 5) is 9.52. The molecule has 0 saturated carbocycles. The van der Waals surface area contributed by atoms with Crippen molar-refractivity contribution in [1.29, 1.82) is 0 Å². The molecular formula is C11H13N5OS. The molecule has 6 nitrogen and oxygen atoms in total. The van der Waals surface area contributed by atoms with Crippen LogP contribution >= 0.6 is 11.3 Å². The Morgan fingerprint density at radius 3 is 3.28 bits per heavy atom. The Morgan fingerprint density at radius 2 is 2.44 bits per heavy atom. The second-order valence-corrected chi connectivity index (χ2v) is 4.83. The maximum atomic E-state index is 4.94. The highest BCUT2D eigenvalue weighted by Crippen LogP contribution is 2.16. The monoisotopic (exact) mass is 263 g/mol. The van der Waals surface area contributed by atoms with Crippen molar-refractivity contribution < 1.29 is 4.52 Å². The normalized spacial score (nSPS) is 11.4. The summed E-state index contributed by atoms with van der Waals surface area (Å²) >= 11 is 1.65. The Labute approximate surface area is 108 Å². The van der Waals surface area contributed by atoms with Crippen LogP contribution in [0.25, 0.3) is 4.96 Å². The van der Waals surface area contributed by atoms with Crippen LogP contribution in [0.1, 0.15) is 17.3 Å². The predicted octanol–water partition coefficient (Wildman–Crippen LogP) is 1.42. The van der Waals surface area contributed by atoms with Gasteiger partial charge in [-0.3, -0.25) is 4.40 Å². The van der Waals surface area contributed by atoms with Crippen LogP contribution in [0.3, 0.4) is 0 Å². The third-order valence-corrected chi connectivity index (χ3v) is 3.53. The third kappa shape index (κ3) is 2.14. The Balaban J connectivity index is 1.59. The van der Waals surface area contributed by atoms with E-state index in [-0.39, 0.29) is 0 Å². The summed E-state index contributed by atoms with van der Waals surface area (Å²) in [6, 6.07) is 0. The van der Waals surface area contributed by atoms with E-state index in [2.05, 4.69) is 31.0 Å². The van der Waals surface area contributed by atoms with Gasteiger partial charge in [-0.25, -0.2) is 4.98 Å². The van der Waals surface area contributed by atoms with E-state index in [0.29, 0.717) is 5.89 Å². The molecular weight excluding hydrogens is 250 g/mol. The maximum Gasteiger partial charge on any atom is 0.227 e. The number of fused-ring (bicyclic) bond motifs is 1. The van der Waals surface area contributed by atoms with E-state index in [1.54, 1.807) is 11.3 Å². The predicted molar refractivity (Wildman–Crippen MR) is 67.5 cm³/mol. The van der Waals surface area contributed by atoms with Crippen molar-refractivity contribution >= 4 is 16.3 Å². The van der Waals surface area contributed by atoms with Gasteiger partial charge in [0.05, 0.1) is 11.4 Å². The summed E-state index contributed by atoms with van der Waals surface area (Å²) < 4.78 is 7.06. The van der Waals surface area contributed by atoms with Gasteiger partial charge in [0, 0.05) is 31.1 Å². The molecule has 7 heteroatoms. The molecule has 0 amide bonds. The Kier molecular flexibility index (Phi) is 3.07. The molecule has 0 atom stereocenters. The number of imidazole rings is 1. The molecule has 0 spiro atoms. The first-order valence-electron chi connectivity index (χ1n) is 5.72. The van der Waals surface area contributed by atoms with Crippen LogP contribution in [0, 0.1) is 6.92 Å². The molecule has 3 aromatic heterocycles. The number of hydrogen-bond acceptors (Lipinski definition) is 6. The van der Waals surface area contributed by atoms with Crippen molar-refractivity contribution in [3.05, 3.63) is 35.2 Å². The minimum Gasteiger partial charge on any atom is -0.340 e. The Morgan fingerprint density at radius 1 is 1.50 bits per heavy atom. The molecule has 0 unspecified atom stereocenters. The second-order valence-electron chi connectivity index (χ2n) is 3.96. The number of nitrogens with one attached hydrogen (secondary N) is 1. The van der Waals surface area contributed by atoms with Gasteiger partial charge in [0.1, 0.15) is 0 Å². The van der Waals surface area contributed by atoms with Crippen molar-refractivity contribution in [3.63, 3.8) is 0 Å². The molecule has 3 heterocycles. The summed E-state index contributed by atoms with van der Waals surface area (Å²) in [6.07, 6.45) is 4.21. The van der Waals surface area contributed by atoms with Crippen LogP contribution in [-0.4, -0.2) is 26.1 Å². The summed E-state index contributed by atoms with van der Waals surface area (Å²) in [6.45, 7) is 3.63. The van der Waals surface area contributed by atoms with Gasteiger partial charge in [-0.05, 0) is 6.92 Å². The largest absolute Gasteiger partial charge is 0.340 e. The number of nitrogens with zero attached hydrogens (tertiary/aromatic N) is 4. The Hall–Kier alpha value is -1.73. The lowest BCUT2D eigenvalue weighted by molar-refractivity contribution is 0.374. The maximum absolute atomic E-state index is 4.94. The summed E-state index contributed by atoms with van der Waals surface area (Å²) in [5.74, 6) is 0.660. The highest BCUT2D eigenvalue weighted by molar-refractivity contribution is 7.15. The quantitative estimate of drug-likeness (QED) is 0.705. The van der Waals surface area contributed by atoms with Crippen LogP contribution in [0.4, 0.5) is 0 Å². The van der Waals surface area contributed by atoms with Gasteiger partial charge in [0.25, 0.3) is 0 Å². The lowest BCUT2D eigenvalue weighted by atomic mass is 10.3. The summed E-state index contributed by atoms with van der Waals surface area (Å²) in [5, 5.41) is 8.98. The van der Waals surface area contributed by atoms with E-state index < -0.39 is 0 Å². The summed E-state index contributed by atoms with van der Waals surface area (Å²) in [5.41, 5.74) is 2.28. The van der Waals surface area contributed by atoms with Crippen molar-refractivity contribution in [3.8, 4) is 0 Å². The minimum absolute atomic E-state index is 0.660. The van der Waals surface area contributed by atoms with Gasteiger partial charge < -0.3 is 9.84 Å². The standard InChI is InChI=1S/C11H13N5OS/c1-8-9(16-4-5-18-11(16)15-8)6-12-3-2-10-13-7-14-17-10/h4-5,7,12H,2-3,6H2,1H3. The fourth-order valence-electron chi connectivity index (χ4n) is 1.86. The molecule has 0 fully saturated rings. The van der Waals surface area contributed by atoms with Crippen molar-refractivity contribution in [2.45, 2.75) is 19.9 Å². The van der Waals surface area contributed by atoms with Gasteiger partial charge in [0.15, 0.2) is 11.3 Å². The van der Waals surface area contributed by atoms with Crippen molar-refractivity contribution in [2.75, 3.05) is 6.54 Å². The molecule has 0 aliphatic carbocycles. The SMILES string of the molecule is Cc1nc2sccn2c1CNCCc1ncno1. The van der Waals surface area contributed by atoms with Crippen LogP contribution in [0.15, 0.2) is 22.4 Å². The van der Waals surface area contributed by atoms with E-state index >= 15 is 0 Å². The van der Waals surface area contributed by atoms with Gasteiger partial charge in [-0.15, -0.1) is 11.3 Å². The van der Waals surface area contributed by atoms with Gasteiger partial charge in [-0.2, -0.15) is 4.98 Å². The fraction of sp³-hybridized carbons (Fsp3) is 0.364. The van der Waals surface area contributed by atoms with Gasteiger partial charge in [0.2, 0.25) is 5.89 Å². The van der Waals surface area contributed by atoms with Crippen molar-refractivity contribution in [2.24, 2.45) is 0 Å². The van der Waals surface area contributed by atoms with Gasteiger partial charge in [-0.1, -0.05) is 5.16 Å². The third-order valence-electron chi connectivity index (χ3n) is 2.78. The molecule has 0 saturated heterocycles. The lowest BCUT2D eigenvalue weighted by Gasteiger charge is -2.03. The lowest BCUT2D eigenvalue weighted by Crippen LogP contribution is -2.18. The molecule has 0 bridgehead atoms. The van der Waals surface area contributed by atoms with E-state index in [9.17, 15) is 0 Å². The van der Waals surface area contributed by atoms with E-state index in [1.807, 2.05) is 12.3 Å². The second kappa shape index (κ2) is 4.87. The number of rotatable bonds is 5. The van der Waals surface area contributed by atoms with E-state index in [4.69, 9.17) is 4.52 Å². The summed E-state index contributed by atoms with van der Waals surface area (Å²) in [7, 11) is 0. The van der Waals surface area contributed by atoms with E-state index in [1.165, 1.54) is 12.0 Å². The van der Waals surface area contributed by atoms with E-state index in [0.717, 1.165) is 30.2 Å². The number of hydrogen-bond donors (Lipinski definition) is 1. The molecule has 0 radical (unpaired) electrons. The number of aryl methyl sites for hydroxylation is 1. The molecule has 1 N–H and O–H groups in total. The fourth-order valence-corrected chi connectivity index (χ4v) is 2.64. The first kappa shape index (κ1) is 11.4. The number of thiazole rings is 1. The minimum atomic E-state index is 0.660. The molecule has 0 aliphatic heterocycles. The Bertz CT molecular complexity index is 627. The zero-order chi connectivity index (χ0) is 12.4. The first-order chi connectivity index (χ1) is 8.84. The van der Waals surface area contributed by atoms with Crippen LogP contribution in [0.2, 0.25) is 0 Å². The average molecular weight is 263 g/mol. The topological polar surface area (TPSA) is 68.2 Å². The van der Waals surface area contributed by atoms with Crippen LogP contribution in [0.5, 0.6) is 0 Å². The van der Waals surface area contributed by atoms with Crippen LogP contribution < -0.4 is 5.32 Å². The highest BCUT2D eigenvalue weighted by atomic mass is 32.1. The average Bonchev–Trinajstić information content (AvgIpc) is 3.03. The van der Waals surface area contributed by atoms with Crippen molar-refractivity contribution in [1.82, 2.24) is 24.8 Å². The zero-order valence-electron chi connectivity index (χ0n) is 9.96.